The van der Waals surface area contributed by atoms with Crippen LogP contribution in [0.4, 0.5) is 0 Å². The zero-order chi connectivity index (χ0) is 15.1. The van der Waals surface area contributed by atoms with Gasteiger partial charge in [-0.3, -0.25) is 4.79 Å². The molecule has 0 aliphatic carbocycles. The van der Waals surface area contributed by atoms with Crippen molar-refractivity contribution in [1.29, 1.82) is 0 Å². The Morgan fingerprint density at radius 1 is 1.19 bits per heavy atom. The van der Waals surface area contributed by atoms with Crippen LogP contribution in [0.2, 0.25) is 0 Å². The quantitative estimate of drug-likeness (QED) is 0.837. The highest BCUT2D eigenvalue weighted by atomic mass is 16.2. The summed E-state index contributed by atoms with van der Waals surface area (Å²) >= 11 is 0. The van der Waals surface area contributed by atoms with E-state index >= 15 is 0 Å². The zero-order valence-electron chi connectivity index (χ0n) is 13.4. The fourth-order valence-electron chi connectivity index (χ4n) is 3.56. The van der Waals surface area contributed by atoms with E-state index in [0.29, 0.717) is 12.1 Å². The maximum atomic E-state index is 12.9. The average molecular weight is 284 g/mol. The molecule has 3 heteroatoms. The van der Waals surface area contributed by atoms with Crippen LogP contribution in [0.5, 0.6) is 0 Å². The smallest absolute Gasteiger partial charge is 0.254 e. The molecule has 2 aromatic rings. The van der Waals surface area contributed by atoms with Gasteiger partial charge in [-0.25, -0.2) is 0 Å². The number of benzene rings is 1. The van der Waals surface area contributed by atoms with Gasteiger partial charge in [-0.15, -0.1) is 0 Å². The maximum Gasteiger partial charge on any atom is 0.254 e. The summed E-state index contributed by atoms with van der Waals surface area (Å²) in [5.74, 6) is 0.176. The second-order valence-electron chi connectivity index (χ2n) is 6.48. The number of nitrogens with zero attached hydrogens (tertiary/aromatic N) is 1. The van der Waals surface area contributed by atoms with Crippen molar-refractivity contribution in [1.82, 2.24) is 9.88 Å². The minimum Gasteiger partial charge on any atom is -0.358 e. The molecule has 0 radical (unpaired) electrons. The van der Waals surface area contributed by atoms with Gasteiger partial charge in [-0.05, 0) is 70.7 Å². The molecular formula is C18H24N2O. The van der Waals surface area contributed by atoms with Crippen molar-refractivity contribution in [2.75, 3.05) is 0 Å². The first-order chi connectivity index (χ1) is 9.99. The molecule has 0 saturated carbocycles. The number of amides is 1. The molecule has 112 valence electrons. The van der Waals surface area contributed by atoms with E-state index in [1.165, 1.54) is 17.7 Å². The molecule has 1 fully saturated rings. The van der Waals surface area contributed by atoms with Gasteiger partial charge in [0.05, 0.1) is 0 Å². The van der Waals surface area contributed by atoms with E-state index in [9.17, 15) is 4.79 Å². The van der Waals surface area contributed by atoms with Crippen LogP contribution in [0, 0.1) is 13.8 Å². The van der Waals surface area contributed by atoms with Crippen LogP contribution in [-0.2, 0) is 0 Å². The number of aromatic amines is 1. The van der Waals surface area contributed by atoms with Gasteiger partial charge < -0.3 is 9.88 Å². The summed E-state index contributed by atoms with van der Waals surface area (Å²) in [7, 11) is 0. The Labute approximate surface area is 126 Å². The Bertz CT molecular complexity index is 676. The minimum atomic E-state index is 0.176. The fraction of sp³-hybridized carbons (Fsp3) is 0.500. The number of aryl methyl sites for hydroxylation is 2. The van der Waals surface area contributed by atoms with Crippen LogP contribution >= 0.6 is 0 Å². The fourth-order valence-corrected chi connectivity index (χ4v) is 3.56. The SMILES string of the molecule is Cc1[nH]c2ccc(C(=O)N3C(C)CCCC3C)cc2c1C. The van der Waals surface area contributed by atoms with Crippen LogP contribution in [-0.4, -0.2) is 27.9 Å². The van der Waals surface area contributed by atoms with Gasteiger partial charge in [0.25, 0.3) is 5.91 Å². The first kappa shape index (κ1) is 14.2. The number of rotatable bonds is 1. The van der Waals surface area contributed by atoms with Gasteiger partial charge in [-0.1, -0.05) is 0 Å². The van der Waals surface area contributed by atoms with Gasteiger partial charge in [0.1, 0.15) is 0 Å². The van der Waals surface area contributed by atoms with E-state index < -0.39 is 0 Å². The molecule has 1 amide bonds. The molecule has 1 saturated heterocycles. The van der Waals surface area contributed by atoms with Crippen molar-refractivity contribution in [3.05, 3.63) is 35.0 Å². The van der Waals surface area contributed by atoms with Crippen LogP contribution in [0.3, 0.4) is 0 Å². The molecule has 0 bridgehead atoms. The molecule has 2 atom stereocenters. The van der Waals surface area contributed by atoms with Crippen molar-refractivity contribution in [3.8, 4) is 0 Å². The normalized spacial score (nSPS) is 22.8. The molecule has 1 N–H and O–H groups in total. The van der Waals surface area contributed by atoms with Gasteiger partial charge in [0, 0.05) is 34.2 Å². The summed E-state index contributed by atoms with van der Waals surface area (Å²) < 4.78 is 0. The summed E-state index contributed by atoms with van der Waals surface area (Å²) in [5, 5.41) is 1.16. The summed E-state index contributed by atoms with van der Waals surface area (Å²) in [6.45, 7) is 8.51. The lowest BCUT2D eigenvalue weighted by atomic mass is 9.96. The number of hydrogen-bond donors (Lipinski definition) is 1. The van der Waals surface area contributed by atoms with E-state index in [-0.39, 0.29) is 5.91 Å². The molecule has 2 unspecified atom stereocenters. The van der Waals surface area contributed by atoms with E-state index in [4.69, 9.17) is 0 Å². The summed E-state index contributed by atoms with van der Waals surface area (Å²) in [6, 6.07) is 6.71. The lowest BCUT2D eigenvalue weighted by Crippen LogP contribution is -2.47. The van der Waals surface area contributed by atoms with E-state index in [1.807, 2.05) is 18.2 Å². The van der Waals surface area contributed by atoms with E-state index in [2.05, 4.69) is 37.6 Å². The summed E-state index contributed by atoms with van der Waals surface area (Å²) in [5.41, 5.74) is 4.33. The Morgan fingerprint density at radius 2 is 1.86 bits per heavy atom. The Hall–Kier alpha value is -1.77. The molecule has 1 aliphatic heterocycles. The summed E-state index contributed by atoms with van der Waals surface area (Å²) in [4.78, 5) is 18.3. The highest BCUT2D eigenvalue weighted by Gasteiger charge is 2.29. The monoisotopic (exact) mass is 284 g/mol. The molecule has 1 aromatic carbocycles. The van der Waals surface area contributed by atoms with E-state index in [1.54, 1.807) is 0 Å². The molecule has 3 rings (SSSR count). The van der Waals surface area contributed by atoms with Crippen LogP contribution in [0.15, 0.2) is 18.2 Å². The zero-order valence-corrected chi connectivity index (χ0v) is 13.4. The van der Waals surface area contributed by atoms with E-state index in [0.717, 1.165) is 29.3 Å². The number of H-pyrrole nitrogens is 1. The standard InChI is InChI=1S/C18H24N2O/c1-11-6-5-7-12(2)20(11)18(21)15-8-9-17-16(10-15)13(3)14(4)19-17/h8-12,19H,5-7H2,1-4H3. The highest BCUT2D eigenvalue weighted by molar-refractivity contribution is 5.99. The van der Waals surface area contributed by atoms with Crippen LogP contribution in [0.25, 0.3) is 10.9 Å². The molecule has 1 aromatic heterocycles. The number of likely N-dealkylation sites (tertiary alicyclic amines) is 1. The largest absolute Gasteiger partial charge is 0.358 e. The van der Waals surface area contributed by atoms with Crippen molar-refractivity contribution >= 4 is 16.8 Å². The lowest BCUT2D eigenvalue weighted by Gasteiger charge is -2.39. The molecule has 0 spiro atoms. The number of nitrogens with one attached hydrogen (secondary N) is 1. The number of carbonyl (C=O) groups excluding carboxylic acids is 1. The topological polar surface area (TPSA) is 36.1 Å². The number of hydrogen-bond acceptors (Lipinski definition) is 1. The van der Waals surface area contributed by atoms with Crippen molar-refractivity contribution in [2.45, 2.75) is 59.0 Å². The third kappa shape index (κ3) is 2.35. The molecule has 2 heterocycles. The number of aromatic nitrogens is 1. The lowest BCUT2D eigenvalue weighted by molar-refractivity contribution is 0.0511. The molecule has 3 nitrogen and oxygen atoms in total. The third-order valence-corrected chi connectivity index (χ3v) is 4.98. The Balaban J connectivity index is 1.99. The van der Waals surface area contributed by atoms with Crippen molar-refractivity contribution < 1.29 is 4.79 Å². The van der Waals surface area contributed by atoms with Crippen LogP contribution < -0.4 is 0 Å². The van der Waals surface area contributed by atoms with Crippen LogP contribution in [0.1, 0.15) is 54.7 Å². The van der Waals surface area contributed by atoms with Gasteiger partial charge in [-0.2, -0.15) is 0 Å². The third-order valence-electron chi connectivity index (χ3n) is 4.98. The number of carbonyl (C=O) groups is 1. The second-order valence-corrected chi connectivity index (χ2v) is 6.48. The number of fused-ring (bicyclic) bond motifs is 1. The first-order valence-corrected chi connectivity index (χ1v) is 7.90. The molecular weight excluding hydrogens is 260 g/mol. The highest BCUT2D eigenvalue weighted by Crippen LogP contribution is 2.27. The van der Waals surface area contributed by atoms with Gasteiger partial charge >= 0.3 is 0 Å². The molecule has 21 heavy (non-hydrogen) atoms. The minimum absolute atomic E-state index is 0.176. The predicted octanol–water partition coefficient (Wildman–Crippen LogP) is 4.19. The first-order valence-electron chi connectivity index (χ1n) is 7.90. The second kappa shape index (κ2) is 5.21. The Morgan fingerprint density at radius 3 is 2.52 bits per heavy atom. The van der Waals surface area contributed by atoms with Gasteiger partial charge in [0.2, 0.25) is 0 Å². The molecule has 1 aliphatic rings. The predicted molar refractivity (Wildman–Crippen MR) is 86.7 cm³/mol. The van der Waals surface area contributed by atoms with Crippen molar-refractivity contribution in [3.63, 3.8) is 0 Å². The maximum absolute atomic E-state index is 12.9. The van der Waals surface area contributed by atoms with Crippen molar-refractivity contribution in [2.24, 2.45) is 0 Å². The number of piperidine rings is 1. The summed E-state index contributed by atoms with van der Waals surface area (Å²) in [6.07, 6.45) is 3.45. The van der Waals surface area contributed by atoms with Gasteiger partial charge in [0.15, 0.2) is 0 Å². The average Bonchev–Trinajstić information content (AvgIpc) is 2.73. The Kier molecular flexibility index (Phi) is 3.52.